The van der Waals surface area contributed by atoms with Crippen LogP contribution in [-0.2, 0) is 14.6 Å². The molecule has 90 valence electrons. The Morgan fingerprint density at radius 1 is 1.35 bits per heavy atom. The van der Waals surface area contributed by atoms with E-state index in [1.54, 1.807) is 12.1 Å². The summed E-state index contributed by atoms with van der Waals surface area (Å²) in [5.74, 6) is -0.0653. The first-order valence-corrected chi connectivity index (χ1v) is 6.74. The van der Waals surface area contributed by atoms with Crippen molar-refractivity contribution in [3.05, 3.63) is 18.2 Å². The van der Waals surface area contributed by atoms with Gasteiger partial charge in [-0.1, -0.05) is 6.07 Å². The molecule has 1 fully saturated rings. The molecule has 0 aromatic heterocycles. The fourth-order valence-electron chi connectivity index (χ4n) is 2.20. The van der Waals surface area contributed by atoms with Gasteiger partial charge in [0.05, 0.1) is 12.0 Å². The van der Waals surface area contributed by atoms with E-state index in [9.17, 15) is 13.2 Å². The molecule has 0 saturated heterocycles. The van der Waals surface area contributed by atoms with Crippen LogP contribution in [-0.4, -0.2) is 26.2 Å². The van der Waals surface area contributed by atoms with Crippen molar-refractivity contribution in [1.82, 2.24) is 0 Å². The zero-order chi connectivity index (χ0) is 12.3. The summed E-state index contributed by atoms with van der Waals surface area (Å²) in [4.78, 5) is 12.0. The molecule has 0 bridgehead atoms. The van der Waals surface area contributed by atoms with Crippen LogP contribution in [0.2, 0.25) is 0 Å². The molecule has 1 amide bonds. The van der Waals surface area contributed by atoms with Gasteiger partial charge in [-0.15, -0.1) is 0 Å². The number of fused-ring (bicyclic) bond motifs is 1. The Labute approximate surface area is 98.7 Å². The van der Waals surface area contributed by atoms with Crippen LogP contribution in [0.3, 0.4) is 0 Å². The molecule has 1 heterocycles. The first kappa shape index (κ1) is 10.6. The van der Waals surface area contributed by atoms with Gasteiger partial charge in [-0.3, -0.25) is 4.79 Å². The Kier molecular flexibility index (Phi) is 1.87. The van der Waals surface area contributed by atoms with E-state index in [2.05, 4.69) is 5.32 Å². The van der Waals surface area contributed by atoms with Crippen molar-refractivity contribution in [2.45, 2.75) is 22.5 Å². The van der Waals surface area contributed by atoms with Gasteiger partial charge in [0, 0.05) is 0 Å². The lowest BCUT2D eigenvalue weighted by atomic mass is 10.2. The first-order chi connectivity index (χ1) is 8.03. The molecule has 1 aromatic carbocycles. The standard InChI is InChI=1S/C11H11NO4S/c1-16-7-3-2-4-8-9(7)12-10(13)11(5-6-11)17(8,14)15/h2-4H,5-6H2,1H3,(H,12,13). The number of ether oxygens (including phenoxy) is 1. The van der Waals surface area contributed by atoms with Crippen LogP contribution < -0.4 is 10.1 Å². The summed E-state index contributed by atoms with van der Waals surface area (Å²) in [6.45, 7) is 0. The van der Waals surface area contributed by atoms with Crippen molar-refractivity contribution in [1.29, 1.82) is 0 Å². The smallest absolute Gasteiger partial charge is 0.246 e. The molecule has 1 aromatic rings. The first-order valence-electron chi connectivity index (χ1n) is 5.26. The fraction of sp³-hybridized carbons (Fsp3) is 0.364. The summed E-state index contributed by atoms with van der Waals surface area (Å²) in [6.07, 6.45) is 0.801. The molecule has 17 heavy (non-hydrogen) atoms. The van der Waals surface area contributed by atoms with Crippen LogP contribution in [0, 0.1) is 0 Å². The molecule has 1 aliphatic carbocycles. The summed E-state index contributed by atoms with van der Waals surface area (Å²) < 4.78 is 28.5. The zero-order valence-corrected chi connectivity index (χ0v) is 10.0. The predicted octanol–water partition coefficient (Wildman–Crippen LogP) is 0.954. The summed E-state index contributed by atoms with van der Waals surface area (Å²) in [5, 5.41) is 2.64. The molecule has 3 rings (SSSR count). The minimum atomic E-state index is -3.58. The topological polar surface area (TPSA) is 72.5 Å². The quantitative estimate of drug-likeness (QED) is 0.809. The number of carbonyl (C=O) groups is 1. The number of nitrogens with one attached hydrogen (secondary N) is 1. The van der Waals surface area contributed by atoms with Gasteiger partial charge in [0.2, 0.25) is 5.91 Å². The second kappa shape index (κ2) is 3.01. The van der Waals surface area contributed by atoms with Crippen LogP contribution in [0.1, 0.15) is 12.8 Å². The van der Waals surface area contributed by atoms with E-state index < -0.39 is 20.5 Å². The molecule has 0 radical (unpaired) electrons. The monoisotopic (exact) mass is 253 g/mol. The average Bonchev–Trinajstić information content (AvgIpc) is 3.08. The number of carbonyl (C=O) groups excluding carboxylic acids is 1. The SMILES string of the molecule is COc1cccc2c1NC(=O)C1(CC1)S2(=O)=O. The van der Waals surface area contributed by atoms with Crippen LogP contribution in [0.15, 0.2) is 23.1 Å². The van der Waals surface area contributed by atoms with Crippen molar-refractivity contribution >= 4 is 21.4 Å². The Morgan fingerprint density at radius 2 is 2.06 bits per heavy atom. The molecule has 2 aliphatic rings. The number of hydrogen-bond acceptors (Lipinski definition) is 4. The number of benzene rings is 1. The predicted molar refractivity (Wildman–Crippen MR) is 60.8 cm³/mol. The fourth-order valence-corrected chi connectivity index (χ4v) is 4.23. The number of sulfone groups is 1. The Bertz CT molecular complexity index is 616. The van der Waals surface area contributed by atoms with Gasteiger partial charge < -0.3 is 10.1 Å². The van der Waals surface area contributed by atoms with Gasteiger partial charge in [0.1, 0.15) is 11.4 Å². The van der Waals surface area contributed by atoms with Crippen LogP contribution in [0.5, 0.6) is 5.75 Å². The van der Waals surface area contributed by atoms with Gasteiger partial charge in [-0.05, 0) is 25.0 Å². The van der Waals surface area contributed by atoms with E-state index in [0.29, 0.717) is 18.6 Å². The molecule has 1 N–H and O–H groups in total. The number of methoxy groups -OCH3 is 1. The minimum absolute atomic E-state index is 0.161. The van der Waals surface area contributed by atoms with E-state index >= 15 is 0 Å². The minimum Gasteiger partial charge on any atom is -0.495 e. The van der Waals surface area contributed by atoms with Gasteiger partial charge in [-0.25, -0.2) is 8.42 Å². The lowest BCUT2D eigenvalue weighted by Gasteiger charge is -2.25. The molecule has 6 heteroatoms. The second-order valence-corrected chi connectivity index (χ2v) is 6.51. The highest BCUT2D eigenvalue weighted by Gasteiger charge is 2.64. The third-order valence-electron chi connectivity index (χ3n) is 3.37. The van der Waals surface area contributed by atoms with E-state index in [1.165, 1.54) is 13.2 Å². The molecular weight excluding hydrogens is 242 g/mol. The molecule has 0 atom stereocenters. The van der Waals surface area contributed by atoms with Crippen LogP contribution in [0.25, 0.3) is 0 Å². The van der Waals surface area contributed by atoms with Crippen molar-refractivity contribution in [2.75, 3.05) is 12.4 Å². The zero-order valence-electron chi connectivity index (χ0n) is 9.19. The number of para-hydroxylation sites is 1. The number of amides is 1. The lowest BCUT2D eigenvalue weighted by Crippen LogP contribution is -2.42. The molecule has 1 aliphatic heterocycles. The van der Waals surface area contributed by atoms with Crippen molar-refractivity contribution < 1.29 is 17.9 Å². The number of anilines is 1. The molecule has 1 spiro atoms. The molecule has 1 saturated carbocycles. The molecular formula is C11H11NO4S. The Hall–Kier alpha value is -1.56. The van der Waals surface area contributed by atoms with Gasteiger partial charge in [-0.2, -0.15) is 0 Å². The van der Waals surface area contributed by atoms with E-state index in [0.717, 1.165) is 0 Å². The summed E-state index contributed by atoms with van der Waals surface area (Å²) in [5.41, 5.74) is 0.262. The maximum atomic E-state index is 12.4. The van der Waals surface area contributed by atoms with Gasteiger partial charge >= 0.3 is 0 Å². The van der Waals surface area contributed by atoms with Crippen molar-refractivity contribution in [3.63, 3.8) is 0 Å². The van der Waals surface area contributed by atoms with Gasteiger partial charge in [0.25, 0.3) is 0 Å². The Balaban J connectivity index is 2.31. The molecule has 0 unspecified atom stereocenters. The van der Waals surface area contributed by atoms with E-state index in [4.69, 9.17) is 4.74 Å². The maximum Gasteiger partial charge on any atom is 0.246 e. The lowest BCUT2D eigenvalue weighted by molar-refractivity contribution is -0.116. The highest BCUT2D eigenvalue weighted by molar-refractivity contribution is 7.94. The summed E-state index contributed by atoms with van der Waals surface area (Å²) in [6, 6.07) is 4.75. The van der Waals surface area contributed by atoms with E-state index in [-0.39, 0.29) is 10.6 Å². The number of hydrogen-bond donors (Lipinski definition) is 1. The summed E-state index contributed by atoms with van der Waals surface area (Å²) >= 11 is 0. The second-order valence-electron chi connectivity index (χ2n) is 4.29. The van der Waals surface area contributed by atoms with Crippen LogP contribution in [0.4, 0.5) is 5.69 Å². The maximum absolute atomic E-state index is 12.4. The number of rotatable bonds is 1. The largest absolute Gasteiger partial charge is 0.495 e. The van der Waals surface area contributed by atoms with Crippen molar-refractivity contribution in [2.24, 2.45) is 0 Å². The van der Waals surface area contributed by atoms with Crippen LogP contribution >= 0.6 is 0 Å². The van der Waals surface area contributed by atoms with Crippen molar-refractivity contribution in [3.8, 4) is 5.75 Å². The summed E-state index contributed by atoms with van der Waals surface area (Å²) in [7, 11) is -2.14. The average molecular weight is 253 g/mol. The normalized spacial score (nSPS) is 22.8. The third kappa shape index (κ3) is 1.13. The van der Waals surface area contributed by atoms with E-state index in [1.807, 2.05) is 0 Å². The highest BCUT2D eigenvalue weighted by Crippen LogP contribution is 2.53. The van der Waals surface area contributed by atoms with Gasteiger partial charge in [0.15, 0.2) is 14.6 Å². The third-order valence-corrected chi connectivity index (χ3v) is 5.91. The molecule has 5 nitrogen and oxygen atoms in total. The highest BCUT2D eigenvalue weighted by atomic mass is 32.2. The Morgan fingerprint density at radius 3 is 2.65 bits per heavy atom.